The summed E-state index contributed by atoms with van der Waals surface area (Å²) in [6.07, 6.45) is 0.278. The summed E-state index contributed by atoms with van der Waals surface area (Å²) in [6.45, 7) is 0.115. The third kappa shape index (κ3) is 4.26. The van der Waals surface area contributed by atoms with Crippen molar-refractivity contribution in [2.24, 2.45) is 0 Å². The lowest BCUT2D eigenvalue weighted by atomic mass is 10.1. The molecule has 0 aliphatic carbocycles. The normalized spacial score (nSPS) is 11.6. The van der Waals surface area contributed by atoms with Crippen molar-refractivity contribution in [1.29, 1.82) is 0 Å². The largest absolute Gasteiger partial charge is 0.240 e. The maximum atomic E-state index is 13.4. The van der Waals surface area contributed by atoms with E-state index in [9.17, 15) is 12.8 Å². The highest BCUT2D eigenvalue weighted by molar-refractivity contribution is 9.10. The summed E-state index contributed by atoms with van der Waals surface area (Å²) in [4.78, 5) is 0.104. The Labute approximate surface area is 136 Å². The first-order valence-corrected chi connectivity index (χ1v) is 8.74. The Balaban J connectivity index is 2.05. The zero-order chi connectivity index (χ0) is 15.5. The predicted octanol–water partition coefficient (Wildman–Crippen LogP) is 3.76. The van der Waals surface area contributed by atoms with Crippen LogP contribution in [-0.4, -0.2) is 15.0 Å². The summed E-state index contributed by atoms with van der Waals surface area (Å²) < 4.78 is 40.6. The minimum absolute atomic E-state index is 0.104. The van der Waals surface area contributed by atoms with E-state index < -0.39 is 10.0 Å². The molecule has 2 aromatic carbocycles. The molecule has 0 saturated carbocycles. The first-order chi connectivity index (χ1) is 9.90. The fraction of sp³-hybridized carbons (Fsp3) is 0.143. The van der Waals surface area contributed by atoms with E-state index in [0.717, 1.165) is 0 Å². The van der Waals surface area contributed by atoms with Crippen LogP contribution in [-0.2, 0) is 16.4 Å². The van der Waals surface area contributed by atoms with Crippen molar-refractivity contribution >= 4 is 37.6 Å². The molecule has 3 nitrogen and oxygen atoms in total. The smallest absolute Gasteiger partial charge is 0.211 e. The molecule has 0 aliphatic rings. The number of benzene rings is 2. The van der Waals surface area contributed by atoms with Crippen LogP contribution in [0.4, 0.5) is 4.39 Å². The monoisotopic (exact) mass is 391 g/mol. The Hall–Kier alpha value is -0.950. The van der Waals surface area contributed by atoms with Gasteiger partial charge in [0.25, 0.3) is 0 Å². The van der Waals surface area contributed by atoms with Gasteiger partial charge in [0.2, 0.25) is 10.0 Å². The van der Waals surface area contributed by atoms with Crippen molar-refractivity contribution in [3.05, 3.63) is 63.3 Å². The first kappa shape index (κ1) is 16.4. The van der Waals surface area contributed by atoms with E-state index in [1.165, 1.54) is 24.3 Å². The molecule has 21 heavy (non-hydrogen) atoms. The van der Waals surface area contributed by atoms with Crippen LogP contribution in [0, 0.1) is 5.82 Å². The van der Waals surface area contributed by atoms with Crippen LogP contribution in [0.1, 0.15) is 5.56 Å². The summed E-state index contributed by atoms with van der Waals surface area (Å²) >= 11 is 9.01. The van der Waals surface area contributed by atoms with Crippen molar-refractivity contribution in [3.8, 4) is 0 Å². The van der Waals surface area contributed by atoms with Crippen LogP contribution in [0.2, 0.25) is 5.02 Å². The molecule has 0 spiro atoms. The molecule has 0 aliphatic heterocycles. The number of hydrogen-bond donors (Lipinski definition) is 1. The number of nitrogens with one attached hydrogen (secondary N) is 1. The van der Waals surface area contributed by atoms with Gasteiger partial charge in [0.1, 0.15) is 5.82 Å². The van der Waals surface area contributed by atoms with Gasteiger partial charge in [-0.2, -0.15) is 0 Å². The minimum Gasteiger partial charge on any atom is -0.211 e. The average molecular weight is 393 g/mol. The second kappa shape index (κ2) is 6.87. The molecule has 0 bridgehead atoms. The molecule has 0 saturated heterocycles. The Morgan fingerprint density at radius 3 is 2.57 bits per heavy atom. The van der Waals surface area contributed by atoms with Crippen LogP contribution in [0.25, 0.3) is 0 Å². The van der Waals surface area contributed by atoms with Crippen LogP contribution >= 0.6 is 27.5 Å². The molecule has 2 rings (SSSR count). The Kier molecular flexibility index (Phi) is 5.37. The Bertz CT molecular complexity index is 752. The van der Waals surface area contributed by atoms with Gasteiger partial charge in [0, 0.05) is 11.0 Å². The van der Waals surface area contributed by atoms with Crippen molar-refractivity contribution in [2.45, 2.75) is 11.3 Å². The number of halogens is 3. The van der Waals surface area contributed by atoms with Gasteiger partial charge in [0.15, 0.2) is 0 Å². The van der Waals surface area contributed by atoms with Gasteiger partial charge in [-0.25, -0.2) is 17.5 Å². The summed E-state index contributed by atoms with van der Waals surface area (Å²) in [5, 5.41) is 0.431. The molecule has 0 fully saturated rings. The predicted molar refractivity (Wildman–Crippen MR) is 84.4 cm³/mol. The molecule has 7 heteroatoms. The summed E-state index contributed by atoms with van der Waals surface area (Å²) in [6, 6.07) is 10.6. The van der Waals surface area contributed by atoms with Gasteiger partial charge in [-0.05, 0) is 52.2 Å². The van der Waals surface area contributed by atoms with Crippen molar-refractivity contribution in [1.82, 2.24) is 4.72 Å². The molecule has 0 unspecified atom stereocenters. The molecular formula is C14H12BrClFNO2S. The third-order valence-corrected chi connectivity index (χ3v) is 5.52. The van der Waals surface area contributed by atoms with Crippen LogP contribution in [0.5, 0.6) is 0 Å². The molecule has 0 atom stereocenters. The van der Waals surface area contributed by atoms with Gasteiger partial charge >= 0.3 is 0 Å². The van der Waals surface area contributed by atoms with E-state index in [0.29, 0.717) is 15.1 Å². The lowest BCUT2D eigenvalue weighted by Gasteiger charge is -2.08. The maximum absolute atomic E-state index is 13.4. The Morgan fingerprint density at radius 1 is 1.19 bits per heavy atom. The van der Waals surface area contributed by atoms with Crippen molar-refractivity contribution in [2.75, 3.05) is 6.54 Å². The topological polar surface area (TPSA) is 46.2 Å². The molecule has 1 N–H and O–H groups in total. The third-order valence-electron chi connectivity index (χ3n) is 2.85. The van der Waals surface area contributed by atoms with E-state index in [2.05, 4.69) is 20.7 Å². The lowest BCUT2D eigenvalue weighted by Crippen LogP contribution is -2.26. The summed E-state index contributed by atoms with van der Waals surface area (Å²) in [5.74, 6) is -0.342. The van der Waals surface area contributed by atoms with Gasteiger partial charge in [0.05, 0.1) is 9.92 Å². The van der Waals surface area contributed by atoms with Gasteiger partial charge in [-0.1, -0.05) is 29.8 Å². The van der Waals surface area contributed by atoms with E-state index in [4.69, 9.17) is 11.6 Å². The fourth-order valence-electron chi connectivity index (χ4n) is 1.75. The molecule has 112 valence electrons. The highest BCUT2D eigenvalue weighted by atomic mass is 79.9. The van der Waals surface area contributed by atoms with E-state index in [1.54, 1.807) is 18.2 Å². The molecule has 0 aromatic heterocycles. The van der Waals surface area contributed by atoms with E-state index in [-0.39, 0.29) is 23.7 Å². The number of hydrogen-bond acceptors (Lipinski definition) is 2. The first-order valence-electron chi connectivity index (χ1n) is 6.08. The average Bonchev–Trinajstić information content (AvgIpc) is 2.44. The quantitative estimate of drug-likeness (QED) is 0.842. The van der Waals surface area contributed by atoms with Crippen LogP contribution in [0.3, 0.4) is 0 Å². The van der Waals surface area contributed by atoms with E-state index in [1.807, 2.05) is 0 Å². The number of sulfonamides is 1. The fourth-order valence-corrected chi connectivity index (χ4v) is 3.45. The van der Waals surface area contributed by atoms with Gasteiger partial charge in [-0.15, -0.1) is 0 Å². The molecule has 0 heterocycles. The second-order valence-electron chi connectivity index (χ2n) is 4.32. The highest BCUT2D eigenvalue weighted by Crippen LogP contribution is 2.25. The lowest BCUT2D eigenvalue weighted by molar-refractivity contribution is 0.577. The van der Waals surface area contributed by atoms with E-state index >= 15 is 0 Å². The molecule has 2 aromatic rings. The van der Waals surface area contributed by atoms with Crippen molar-refractivity contribution < 1.29 is 12.8 Å². The minimum atomic E-state index is -3.64. The summed E-state index contributed by atoms with van der Waals surface area (Å²) in [5.41, 5.74) is 0.470. The standard InChI is InChI=1S/C14H12BrClFNO2S/c15-12-9-11(5-6-13(12)16)21(19,20)18-8-7-10-3-1-2-4-14(10)17/h1-6,9,18H,7-8H2. The van der Waals surface area contributed by atoms with Gasteiger partial charge in [-0.3, -0.25) is 0 Å². The highest BCUT2D eigenvalue weighted by Gasteiger charge is 2.15. The molecule has 0 amide bonds. The molecular weight excluding hydrogens is 381 g/mol. The Morgan fingerprint density at radius 2 is 1.90 bits per heavy atom. The van der Waals surface area contributed by atoms with Crippen LogP contribution in [0.15, 0.2) is 51.8 Å². The zero-order valence-corrected chi connectivity index (χ0v) is 14.0. The van der Waals surface area contributed by atoms with Crippen LogP contribution < -0.4 is 4.72 Å². The second-order valence-corrected chi connectivity index (χ2v) is 7.34. The van der Waals surface area contributed by atoms with Crippen molar-refractivity contribution in [3.63, 3.8) is 0 Å². The molecule has 0 radical (unpaired) electrons. The number of rotatable bonds is 5. The maximum Gasteiger partial charge on any atom is 0.240 e. The zero-order valence-electron chi connectivity index (χ0n) is 10.8. The van der Waals surface area contributed by atoms with Gasteiger partial charge < -0.3 is 0 Å². The summed E-state index contributed by atoms with van der Waals surface area (Å²) in [7, 11) is -3.64. The SMILES string of the molecule is O=S(=O)(NCCc1ccccc1F)c1ccc(Cl)c(Br)c1.